The second-order valence-corrected chi connectivity index (χ2v) is 7.81. The van der Waals surface area contributed by atoms with Gasteiger partial charge in [-0.15, -0.1) is 11.3 Å². The highest BCUT2D eigenvalue weighted by Gasteiger charge is 2.18. The van der Waals surface area contributed by atoms with Crippen molar-refractivity contribution in [2.45, 2.75) is 19.9 Å². The van der Waals surface area contributed by atoms with E-state index in [1.54, 1.807) is 13.3 Å². The van der Waals surface area contributed by atoms with Crippen LogP contribution in [-0.4, -0.2) is 36.6 Å². The zero-order valence-corrected chi connectivity index (χ0v) is 17.8. The number of carbonyl (C=O) groups excluding carboxylic acids is 1. The Morgan fingerprint density at radius 2 is 2.10 bits per heavy atom. The van der Waals surface area contributed by atoms with E-state index in [0.29, 0.717) is 11.4 Å². The van der Waals surface area contributed by atoms with Gasteiger partial charge in [-0.25, -0.2) is 4.68 Å². The van der Waals surface area contributed by atoms with Gasteiger partial charge in [0.2, 0.25) is 4.80 Å². The van der Waals surface area contributed by atoms with Gasteiger partial charge in [0.15, 0.2) is 6.61 Å². The molecule has 0 spiro atoms. The SMILES string of the molecule is COc1ccccc1C=Nn1c(-c2ccc3c(c2)NC(=O)CO3)csc1=NC(C)C. The number of amides is 1. The molecule has 0 fully saturated rings. The van der Waals surface area contributed by atoms with E-state index < -0.39 is 0 Å². The number of aromatic nitrogens is 1. The van der Waals surface area contributed by atoms with E-state index in [-0.39, 0.29) is 18.6 Å². The molecule has 0 radical (unpaired) electrons. The summed E-state index contributed by atoms with van der Waals surface area (Å²) in [7, 11) is 1.64. The number of nitrogens with zero attached hydrogens (tertiary/aromatic N) is 3. The van der Waals surface area contributed by atoms with Crippen molar-refractivity contribution in [1.29, 1.82) is 0 Å². The van der Waals surface area contributed by atoms with Gasteiger partial charge in [-0.3, -0.25) is 9.79 Å². The summed E-state index contributed by atoms with van der Waals surface area (Å²) in [5.74, 6) is 1.24. The van der Waals surface area contributed by atoms with E-state index in [1.807, 2.05) is 66.4 Å². The van der Waals surface area contributed by atoms with Crippen LogP contribution in [0.2, 0.25) is 0 Å². The predicted molar refractivity (Wildman–Crippen MR) is 119 cm³/mol. The standard InChI is InChI=1S/C22H22N4O3S/c1-14(2)24-22-26(23-11-16-6-4-5-7-19(16)28-3)18(13-30-22)15-8-9-20-17(10-15)25-21(27)12-29-20/h4-11,13-14H,12H2,1-3H3,(H,25,27). The Balaban J connectivity index is 1.80. The summed E-state index contributed by atoms with van der Waals surface area (Å²) in [4.78, 5) is 17.2. The van der Waals surface area contributed by atoms with Gasteiger partial charge in [0.05, 0.1) is 24.7 Å². The average molecular weight is 423 g/mol. The summed E-state index contributed by atoms with van der Waals surface area (Å²) in [5, 5.41) is 9.57. The fourth-order valence-electron chi connectivity index (χ4n) is 3.05. The zero-order valence-electron chi connectivity index (χ0n) is 17.0. The third-order valence-corrected chi connectivity index (χ3v) is 5.24. The van der Waals surface area contributed by atoms with E-state index in [0.717, 1.165) is 27.4 Å². The smallest absolute Gasteiger partial charge is 0.262 e. The van der Waals surface area contributed by atoms with Crippen molar-refractivity contribution in [2.75, 3.05) is 19.0 Å². The third-order valence-electron chi connectivity index (χ3n) is 4.41. The summed E-state index contributed by atoms with van der Waals surface area (Å²) >= 11 is 1.52. The molecule has 0 atom stereocenters. The molecule has 8 heteroatoms. The molecule has 1 aliphatic rings. The van der Waals surface area contributed by atoms with Gasteiger partial charge in [0.1, 0.15) is 11.5 Å². The normalized spacial score (nSPS) is 14.0. The molecule has 0 saturated carbocycles. The van der Waals surface area contributed by atoms with Crippen molar-refractivity contribution in [3.05, 3.63) is 58.2 Å². The number of hydrogen-bond acceptors (Lipinski definition) is 6. The molecular weight excluding hydrogens is 400 g/mol. The number of rotatable bonds is 5. The van der Waals surface area contributed by atoms with Gasteiger partial charge < -0.3 is 14.8 Å². The van der Waals surface area contributed by atoms with Crippen molar-refractivity contribution in [3.63, 3.8) is 0 Å². The molecule has 1 N–H and O–H groups in total. The number of methoxy groups -OCH3 is 1. The second-order valence-electron chi connectivity index (χ2n) is 6.97. The quantitative estimate of drug-likeness (QED) is 0.636. The summed E-state index contributed by atoms with van der Waals surface area (Å²) in [5.41, 5.74) is 3.29. The summed E-state index contributed by atoms with van der Waals surface area (Å²) in [6, 6.07) is 13.5. The van der Waals surface area contributed by atoms with Crippen molar-refractivity contribution in [3.8, 4) is 22.8 Å². The van der Waals surface area contributed by atoms with Crippen LogP contribution < -0.4 is 19.6 Å². The second kappa shape index (κ2) is 8.54. The van der Waals surface area contributed by atoms with Crippen LogP contribution in [-0.2, 0) is 4.79 Å². The van der Waals surface area contributed by atoms with Crippen LogP contribution in [0.25, 0.3) is 11.3 Å². The largest absolute Gasteiger partial charge is 0.496 e. The van der Waals surface area contributed by atoms with Gasteiger partial charge in [0, 0.05) is 22.5 Å². The molecule has 1 aliphatic heterocycles. The molecule has 4 rings (SSSR count). The topological polar surface area (TPSA) is 77.2 Å². The lowest BCUT2D eigenvalue weighted by Gasteiger charge is -2.18. The Labute approximate surface area is 178 Å². The van der Waals surface area contributed by atoms with Crippen LogP contribution >= 0.6 is 11.3 Å². The number of ether oxygens (including phenoxy) is 2. The molecule has 3 aromatic rings. The first-order valence-corrected chi connectivity index (χ1v) is 10.4. The lowest BCUT2D eigenvalue weighted by molar-refractivity contribution is -0.118. The highest BCUT2D eigenvalue weighted by molar-refractivity contribution is 7.07. The molecule has 1 amide bonds. The first kappa shape index (κ1) is 19.9. The molecule has 0 bridgehead atoms. The fraction of sp³-hybridized carbons (Fsp3) is 0.227. The third kappa shape index (κ3) is 4.13. The van der Waals surface area contributed by atoms with E-state index in [1.165, 1.54) is 11.3 Å². The Morgan fingerprint density at radius 3 is 2.90 bits per heavy atom. The minimum absolute atomic E-state index is 0.0332. The van der Waals surface area contributed by atoms with Crippen LogP contribution in [0.1, 0.15) is 19.4 Å². The van der Waals surface area contributed by atoms with Crippen LogP contribution in [0.4, 0.5) is 5.69 Å². The number of anilines is 1. The summed E-state index contributed by atoms with van der Waals surface area (Å²) < 4.78 is 12.7. The maximum Gasteiger partial charge on any atom is 0.262 e. The molecule has 2 aromatic carbocycles. The van der Waals surface area contributed by atoms with E-state index in [9.17, 15) is 4.79 Å². The monoisotopic (exact) mass is 422 g/mol. The van der Waals surface area contributed by atoms with Crippen LogP contribution in [0.3, 0.4) is 0 Å². The number of thiazole rings is 1. The predicted octanol–water partition coefficient (Wildman–Crippen LogP) is 3.75. The maximum absolute atomic E-state index is 11.7. The van der Waals surface area contributed by atoms with E-state index in [4.69, 9.17) is 19.6 Å². The van der Waals surface area contributed by atoms with Gasteiger partial charge in [0.25, 0.3) is 5.91 Å². The molecule has 0 aliphatic carbocycles. The van der Waals surface area contributed by atoms with Gasteiger partial charge in [-0.05, 0) is 44.2 Å². The number of carbonyl (C=O) groups is 1. The Bertz CT molecular complexity index is 1180. The zero-order chi connectivity index (χ0) is 21.1. The Hall–Kier alpha value is -3.39. The average Bonchev–Trinajstić information content (AvgIpc) is 3.13. The fourth-order valence-corrected chi connectivity index (χ4v) is 4.02. The highest BCUT2D eigenvalue weighted by Crippen LogP contribution is 2.33. The Morgan fingerprint density at radius 1 is 1.27 bits per heavy atom. The first-order valence-electron chi connectivity index (χ1n) is 9.54. The molecule has 0 saturated heterocycles. The molecule has 1 aromatic heterocycles. The van der Waals surface area contributed by atoms with Crippen LogP contribution in [0.15, 0.2) is 57.9 Å². The number of nitrogens with one attached hydrogen (secondary N) is 1. The van der Waals surface area contributed by atoms with E-state index >= 15 is 0 Å². The van der Waals surface area contributed by atoms with Crippen LogP contribution in [0.5, 0.6) is 11.5 Å². The Kier molecular flexibility index (Phi) is 5.67. The van der Waals surface area contributed by atoms with Gasteiger partial charge in [-0.1, -0.05) is 12.1 Å². The summed E-state index contributed by atoms with van der Waals surface area (Å²) in [6.45, 7) is 4.09. The van der Waals surface area contributed by atoms with Crippen LogP contribution in [0, 0.1) is 0 Å². The molecule has 7 nitrogen and oxygen atoms in total. The molecule has 30 heavy (non-hydrogen) atoms. The van der Waals surface area contributed by atoms with Gasteiger partial charge in [-0.2, -0.15) is 5.10 Å². The minimum atomic E-state index is -0.164. The number of fused-ring (bicyclic) bond motifs is 1. The molecule has 0 unspecified atom stereocenters. The number of hydrogen-bond donors (Lipinski definition) is 1. The van der Waals surface area contributed by atoms with Crippen molar-refractivity contribution in [1.82, 2.24) is 4.68 Å². The first-order chi connectivity index (χ1) is 14.5. The highest BCUT2D eigenvalue weighted by atomic mass is 32.1. The molecular formula is C22H22N4O3S. The van der Waals surface area contributed by atoms with Crippen molar-refractivity contribution >= 4 is 29.1 Å². The lowest BCUT2D eigenvalue weighted by atomic mass is 10.1. The lowest BCUT2D eigenvalue weighted by Crippen LogP contribution is -2.25. The minimum Gasteiger partial charge on any atom is -0.496 e. The molecule has 154 valence electrons. The number of para-hydroxylation sites is 1. The molecule has 2 heterocycles. The van der Waals surface area contributed by atoms with Gasteiger partial charge >= 0.3 is 0 Å². The van der Waals surface area contributed by atoms with Crippen molar-refractivity contribution < 1.29 is 14.3 Å². The maximum atomic E-state index is 11.7. The summed E-state index contributed by atoms with van der Waals surface area (Å²) in [6.07, 6.45) is 1.76. The van der Waals surface area contributed by atoms with E-state index in [2.05, 4.69) is 5.32 Å². The van der Waals surface area contributed by atoms with Crippen molar-refractivity contribution in [2.24, 2.45) is 10.1 Å². The number of benzene rings is 2.